The fourth-order valence-electron chi connectivity index (χ4n) is 1.65. The van der Waals surface area contributed by atoms with Gasteiger partial charge >= 0.3 is 5.97 Å². The van der Waals surface area contributed by atoms with Gasteiger partial charge in [0.15, 0.2) is 0 Å². The number of nitrogens with zero attached hydrogens (tertiary/aromatic N) is 2. The second kappa shape index (κ2) is 4.71. The molecule has 88 valence electrons. The minimum absolute atomic E-state index is 0.109. The molecule has 0 amide bonds. The van der Waals surface area contributed by atoms with E-state index in [2.05, 4.69) is 21.0 Å². The van der Waals surface area contributed by atoms with Crippen LogP contribution in [0.3, 0.4) is 0 Å². The van der Waals surface area contributed by atoms with Gasteiger partial charge in [-0.15, -0.1) is 0 Å². The number of benzene rings is 1. The van der Waals surface area contributed by atoms with Gasteiger partial charge in [0.25, 0.3) is 0 Å². The topological polar surface area (TPSA) is 55.1 Å². The molecule has 0 bridgehead atoms. The monoisotopic (exact) mass is 294 g/mol. The van der Waals surface area contributed by atoms with Crippen LogP contribution >= 0.6 is 15.9 Å². The Bertz CT molecular complexity index is 546. The molecule has 1 aromatic carbocycles. The summed E-state index contributed by atoms with van der Waals surface area (Å²) in [5, 5.41) is 12.8. The molecule has 0 unspecified atom stereocenters. The summed E-state index contributed by atoms with van der Waals surface area (Å²) in [5.41, 5.74) is 2.84. The Kier molecular flexibility index (Phi) is 3.28. The highest BCUT2D eigenvalue weighted by Crippen LogP contribution is 2.24. The van der Waals surface area contributed by atoms with Gasteiger partial charge in [0.2, 0.25) is 0 Å². The van der Waals surface area contributed by atoms with Crippen molar-refractivity contribution in [3.05, 3.63) is 40.6 Å². The van der Waals surface area contributed by atoms with Crippen molar-refractivity contribution >= 4 is 21.9 Å². The summed E-state index contributed by atoms with van der Waals surface area (Å²) in [6.45, 7) is 1.76. The molecule has 17 heavy (non-hydrogen) atoms. The lowest BCUT2D eigenvalue weighted by Crippen LogP contribution is -2.11. The molecule has 0 atom stereocenters. The number of rotatable bonds is 3. The van der Waals surface area contributed by atoms with Crippen molar-refractivity contribution in [1.82, 2.24) is 9.78 Å². The van der Waals surface area contributed by atoms with Gasteiger partial charge in [-0.1, -0.05) is 28.1 Å². The summed E-state index contributed by atoms with van der Waals surface area (Å²) in [6, 6.07) is 7.84. The molecule has 0 aliphatic carbocycles. The zero-order valence-electron chi connectivity index (χ0n) is 9.22. The van der Waals surface area contributed by atoms with Crippen molar-refractivity contribution in [2.75, 3.05) is 0 Å². The fourth-order valence-corrected chi connectivity index (χ4v) is 1.91. The quantitative estimate of drug-likeness (QED) is 0.947. The van der Waals surface area contributed by atoms with Crippen molar-refractivity contribution in [2.24, 2.45) is 0 Å². The number of hydrogen-bond donors (Lipinski definition) is 1. The molecular formula is C12H11BrN2O2. The molecule has 0 fully saturated rings. The number of carbonyl (C=O) groups is 1. The predicted molar refractivity (Wildman–Crippen MR) is 67.7 cm³/mol. The molecule has 2 rings (SSSR count). The maximum Gasteiger partial charge on any atom is 0.325 e. The van der Waals surface area contributed by atoms with Crippen LogP contribution in [0.2, 0.25) is 0 Å². The van der Waals surface area contributed by atoms with E-state index in [1.54, 1.807) is 6.20 Å². The van der Waals surface area contributed by atoms with Crippen LogP contribution < -0.4 is 0 Å². The normalized spacial score (nSPS) is 10.5. The number of carboxylic acids is 1. The SMILES string of the molecule is Cc1c(-c2ccc(Br)cc2)cnn1CC(=O)O. The lowest BCUT2D eigenvalue weighted by Gasteiger charge is -2.03. The van der Waals surface area contributed by atoms with E-state index in [9.17, 15) is 4.79 Å². The highest BCUT2D eigenvalue weighted by molar-refractivity contribution is 9.10. The third-order valence-electron chi connectivity index (χ3n) is 2.54. The Morgan fingerprint density at radius 3 is 2.65 bits per heavy atom. The fraction of sp³-hybridized carbons (Fsp3) is 0.167. The van der Waals surface area contributed by atoms with E-state index < -0.39 is 5.97 Å². The molecule has 4 nitrogen and oxygen atoms in total. The molecule has 2 aromatic rings. The number of aromatic nitrogens is 2. The van der Waals surface area contributed by atoms with E-state index in [-0.39, 0.29) is 6.54 Å². The molecule has 1 N–H and O–H groups in total. The van der Waals surface area contributed by atoms with Gasteiger partial charge in [0, 0.05) is 15.7 Å². The van der Waals surface area contributed by atoms with E-state index in [1.807, 2.05) is 31.2 Å². The summed E-state index contributed by atoms with van der Waals surface area (Å²) in [4.78, 5) is 10.6. The molecule has 1 heterocycles. The summed E-state index contributed by atoms with van der Waals surface area (Å²) in [7, 11) is 0. The first kappa shape index (κ1) is 11.9. The van der Waals surface area contributed by atoms with E-state index in [4.69, 9.17) is 5.11 Å². The summed E-state index contributed by atoms with van der Waals surface area (Å²) >= 11 is 3.38. The highest BCUT2D eigenvalue weighted by Gasteiger charge is 2.10. The first-order valence-corrected chi connectivity index (χ1v) is 5.87. The van der Waals surface area contributed by atoms with E-state index >= 15 is 0 Å². The Morgan fingerprint density at radius 2 is 2.06 bits per heavy atom. The first-order chi connectivity index (χ1) is 8.08. The van der Waals surface area contributed by atoms with Gasteiger partial charge in [-0.2, -0.15) is 5.10 Å². The van der Waals surface area contributed by atoms with Crippen LogP contribution in [0.5, 0.6) is 0 Å². The van der Waals surface area contributed by atoms with Gasteiger partial charge in [0.05, 0.1) is 6.20 Å². The number of aliphatic carboxylic acids is 1. The van der Waals surface area contributed by atoms with Crippen molar-refractivity contribution in [3.8, 4) is 11.1 Å². The van der Waals surface area contributed by atoms with Gasteiger partial charge in [-0.3, -0.25) is 9.48 Å². The zero-order chi connectivity index (χ0) is 12.4. The zero-order valence-corrected chi connectivity index (χ0v) is 10.8. The summed E-state index contributed by atoms with van der Waals surface area (Å²) < 4.78 is 2.50. The number of carboxylic acid groups (broad SMARTS) is 1. The van der Waals surface area contributed by atoms with Gasteiger partial charge in [-0.05, 0) is 24.6 Å². The minimum atomic E-state index is -0.890. The van der Waals surface area contributed by atoms with Crippen LogP contribution in [0.4, 0.5) is 0 Å². The van der Waals surface area contributed by atoms with E-state index in [0.29, 0.717) is 0 Å². The molecule has 0 aliphatic heterocycles. The molecule has 0 saturated heterocycles. The first-order valence-electron chi connectivity index (χ1n) is 5.08. The molecule has 0 radical (unpaired) electrons. The molecular weight excluding hydrogens is 284 g/mol. The summed E-state index contributed by atoms with van der Waals surface area (Å²) in [5.74, 6) is -0.890. The Hall–Kier alpha value is -1.62. The Labute approximate surface area is 107 Å². The van der Waals surface area contributed by atoms with Crippen LogP contribution in [0, 0.1) is 6.92 Å². The van der Waals surface area contributed by atoms with Crippen LogP contribution in [0.15, 0.2) is 34.9 Å². The molecule has 1 aromatic heterocycles. The van der Waals surface area contributed by atoms with E-state index in [0.717, 1.165) is 21.3 Å². The highest BCUT2D eigenvalue weighted by atomic mass is 79.9. The third kappa shape index (κ3) is 2.55. The average Bonchev–Trinajstić information content (AvgIpc) is 2.61. The Balaban J connectivity index is 2.37. The number of halogens is 1. The predicted octanol–water partition coefficient (Wildman–Crippen LogP) is 2.71. The molecule has 5 heteroatoms. The van der Waals surface area contributed by atoms with Crippen LogP contribution in [-0.2, 0) is 11.3 Å². The maximum absolute atomic E-state index is 10.6. The van der Waals surface area contributed by atoms with Crippen molar-refractivity contribution in [2.45, 2.75) is 13.5 Å². The van der Waals surface area contributed by atoms with Crippen molar-refractivity contribution < 1.29 is 9.90 Å². The molecule has 0 aliphatic rings. The lowest BCUT2D eigenvalue weighted by molar-refractivity contribution is -0.137. The maximum atomic E-state index is 10.6. The second-order valence-corrected chi connectivity index (χ2v) is 4.62. The third-order valence-corrected chi connectivity index (χ3v) is 3.07. The van der Waals surface area contributed by atoms with E-state index in [1.165, 1.54) is 4.68 Å². The number of hydrogen-bond acceptors (Lipinski definition) is 2. The van der Waals surface area contributed by atoms with Crippen molar-refractivity contribution in [3.63, 3.8) is 0 Å². The summed E-state index contributed by atoms with van der Waals surface area (Å²) in [6.07, 6.45) is 1.70. The smallest absolute Gasteiger partial charge is 0.325 e. The van der Waals surface area contributed by atoms with Crippen LogP contribution in [-0.4, -0.2) is 20.9 Å². The molecule has 0 saturated carbocycles. The second-order valence-electron chi connectivity index (χ2n) is 3.70. The van der Waals surface area contributed by atoms with Crippen molar-refractivity contribution in [1.29, 1.82) is 0 Å². The average molecular weight is 295 g/mol. The van der Waals surface area contributed by atoms with Gasteiger partial charge in [0.1, 0.15) is 6.54 Å². The Morgan fingerprint density at radius 1 is 1.41 bits per heavy atom. The lowest BCUT2D eigenvalue weighted by atomic mass is 10.1. The minimum Gasteiger partial charge on any atom is -0.480 e. The van der Waals surface area contributed by atoms with Gasteiger partial charge < -0.3 is 5.11 Å². The van der Waals surface area contributed by atoms with Crippen LogP contribution in [0.25, 0.3) is 11.1 Å². The standard InChI is InChI=1S/C12H11BrN2O2/c1-8-11(6-14-15(8)7-12(16)17)9-2-4-10(13)5-3-9/h2-6H,7H2,1H3,(H,16,17). The van der Waals surface area contributed by atoms with Gasteiger partial charge in [-0.25, -0.2) is 0 Å². The molecule has 0 spiro atoms. The largest absolute Gasteiger partial charge is 0.480 e. The van der Waals surface area contributed by atoms with Crippen LogP contribution in [0.1, 0.15) is 5.69 Å².